The molecule has 0 aromatic heterocycles. The Morgan fingerprint density at radius 1 is 0.955 bits per heavy atom. The van der Waals surface area contributed by atoms with E-state index in [-0.39, 0.29) is 6.85 Å². The number of benzene rings is 2. The van der Waals surface area contributed by atoms with Crippen LogP contribution in [0.5, 0.6) is 0 Å². The van der Waals surface area contributed by atoms with Crippen LogP contribution < -0.4 is 16.4 Å². The number of anilines is 1. The molecule has 2 aromatic rings. The monoisotopic (exact) mass is 288 g/mol. The number of nitrogens with two attached hydrogens (primary N) is 1. The van der Waals surface area contributed by atoms with Crippen LogP contribution in [-0.4, -0.2) is 6.85 Å². The van der Waals surface area contributed by atoms with Crippen molar-refractivity contribution in [2.75, 3.05) is 5.73 Å². The van der Waals surface area contributed by atoms with E-state index in [1.54, 1.807) is 0 Å². The van der Waals surface area contributed by atoms with E-state index < -0.39 is 0 Å². The second kappa shape index (κ2) is 5.76. The minimum atomic E-state index is 0.207. The molecule has 0 aliphatic carbocycles. The van der Waals surface area contributed by atoms with Gasteiger partial charge < -0.3 is 11.0 Å². The van der Waals surface area contributed by atoms with Crippen LogP contribution in [0.4, 0.5) is 5.69 Å². The van der Waals surface area contributed by atoms with Gasteiger partial charge in [0.15, 0.2) is 0 Å². The summed E-state index contributed by atoms with van der Waals surface area (Å²) in [6, 6.07) is 12.5. The number of allylic oxidation sites excluding steroid dienone is 2. The Morgan fingerprint density at radius 3 is 2.23 bits per heavy atom. The van der Waals surface area contributed by atoms with Crippen molar-refractivity contribution < 1.29 is 0 Å². The second-order valence-corrected chi connectivity index (χ2v) is 6.02. The topological polar surface area (TPSA) is 38.0 Å². The molecule has 0 radical (unpaired) electrons. The van der Waals surface area contributed by atoms with Gasteiger partial charge in [0.25, 0.3) is 0 Å². The summed E-state index contributed by atoms with van der Waals surface area (Å²) in [7, 11) is 0. The lowest BCUT2D eigenvalue weighted by molar-refractivity contribution is 1.30. The maximum absolute atomic E-state index is 5.77. The normalized spacial score (nSPS) is 13.8. The smallest absolute Gasteiger partial charge is 0.313 e. The highest BCUT2D eigenvalue weighted by Gasteiger charge is 2.22. The number of rotatable bonds is 2. The zero-order valence-corrected chi connectivity index (χ0v) is 13.4. The zero-order valence-electron chi connectivity index (χ0n) is 13.4. The fourth-order valence-electron chi connectivity index (χ4n) is 3.22. The zero-order chi connectivity index (χ0) is 15.7. The van der Waals surface area contributed by atoms with Crippen molar-refractivity contribution in [3.8, 4) is 0 Å². The lowest BCUT2D eigenvalue weighted by Crippen LogP contribution is -2.46. The summed E-state index contributed by atoms with van der Waals surface area (Å²) in [6.07, 6.45) is 4.24. The van der Waals surface area contributed by atoms with Crippen LogP contribution in [0.2, 0.25) is 0 Å². The molecule has 0 atom stereocenters. The molecule has 22 heavy (non-hydrogen) atoms. The maximum atomic E-state index is 5.77. The molecule has 0 unspecified atom stereocenters. The predicted octanol–water partition coefficient (Wildman–Crippen LogP) is 3.13. The van der Waals surface area contributed by atoms with E-state index in [1.807, 2.05) is 12.1 Å². The van der Waals surface area contributed by atoms with Crippen LogP contribution in [0.3, 0.4) is 0 Å². The molecule has 3 heteroatoms. The molecular formula is C19H21BN2. The summed E-state index contributed by atoms with van der Waals surface area (Å²) in [4.78, 5) is 0. The number of nitrogen functional groups attached to an aromatic ring is 1. The van der Waals surface area contributed by atoms with Crippen molar-refractivity contribution >= 4 is 23.7 Å². The Kier molecular flexibility index (Phi) is 3.80. The van der Waals surface area contributed by atoms with Gasteiger partial charge in [0.05, 0.1) is 0 Å². The standard InChI is InChI=1S/C19H21BN2/c1-13-11-14(2)19(15(3)12-13)20-10-4-5-18(22-20)16-6-8-17(21)9-7-16/h4-12,22H,21H2,1-3H3. The molecule has 3 N–H and O–H groups in total. The highest BCUT2D eigenvalue weighted by molar-refractivity contribution is 6.77. The SMILES string of the molecule is Cc1cc(C)c(B2C=CC=C(c3ccc(N)cc3)N2)c(C)c1. The summed E-state index contributed by atoms with van der Waals surface area (Å²) in [6.45, 7) is 6.73. The molecule has 0 bridgehead atoms. The molecule has 2 nitrogen and oxygen atoms in total. The largest absolute Gasteiger partial charge is 0.420 e. The highest BCUT2D eigenvalue weighted by Crippen LogP contribution is 2.17. The van der Waals surface area contributed by atoms with Crippen LogP contribution in [0.25, 0.3) is 5.70 Å². The van der Waals surface area contributed by atoms with Gasteiger partial charge in [0.2, 0.25) is 0 Å². The van der Waals surface area contributed by atoms with Crippen molar-refractivity contribution in [3.05, 3.63) is 76.8 Å². The van der Waals surface area contributed by atoms with E-state index in [9.17, 15) is 0 Å². The van der Waals surface area contributed by atoms with Crippen molar-refractivity contribution in [1.29, 1.82) is 0 Å². The molecule has 2 aromatic carbocycles. The third-order valence-corrected chi connectivity index (χ3v) is 4.15. The fraction of sp³-hybridized carbons (Fsp3) is 0.158. The first-order valence-electron chi connectivity index (χ1n) is 7.63. The van der Waals surface area contributed by atoms with Crippen LogP contribution in [0.1, 0.15) is 22.3 Å². The molecular weight excluding hydrogens is 267 g/mol. The van der Waals surface area contributed by atoms with Crippen molar-refractivity contribution in [2.45, 2.75) is 20.8 Å². The molecule has 3 rings (SSSR count). The van der Waals surface area contributed by atoms with Crippen molar-refractivity contribution in [3.63, 3.8) is 0 Å². The predicted molar refractivity (Wildman–Crippen MR) is 97.1 cm³/mol. The minimum Gasteiger partial charge on any atom is -0.420 e. The first-order chi connectivity index (χ1) is 10.5. The average molecular weight is 288 g/mol. The summed E-state index contributed by atoms with van der Waals surface area (Å²) >= 11 is 0. The van der Waals surface area contributed by atoms with Gasteiger partial charge in [-0.15, -0.1) is 0 Å². The van der Waals surface area contributed by atoms with Gasteiger partial charge in [-0.25, -0.2) is 0 Å². The van der Waals surface area contributed by atoms with Gasteiger partial charge in [-0.05, 0) is 50.0 Å². The first kappa shape index (κ1) is 14.5. The summed E-state index contributed by atoms with van der Waals surface area (Å²) in [5.41, 5.74) is 14.2. The van der Waals surface area contributed by atoms with Crippen LogP contribution in [0, 0.1) is 20.8 Å². The number of hydrogen-bond donors (Lipinski definition) is 2. The van der Waals surface area contributed by atoms with E-state index in [1.165, 1.54) is 22.2 Å². The molecule has 0 saturated carbocycles. The summed E-state index contributed by atoms with van der Waals surface area (Å²) in [5.74, 6) is 2.21. The van der Waals surface area contributed by atoms with Gasteiger partial charge in [0, 0.05) is 11.4 Å². The van der Waals surface area contributed by atoms with Gasteiger partial charge in [-0.1, -0.05) is 53.0 Å². The lowest BCUT2D eigenvalue weighted by Gasteiger charge is -2.23. The minimum absolute atomic E-state index is 0.207. The number of hydrogen-bond acceptors (Lipinski definition) is 2. The molecule has 1 aliphatic heterocycles. The Morgan fingerprint density at radius 2 is 1.59 bits per heavy atom. The molecule has 1 aliphatic rings. The van der Waals surface area contributed by atoms with E-state index in [0.717, 1.165) is 16.9 Å². The Hall–Kier alpha value is -2.42. The van der Waals surface area contributed by atoms with Gasteiger partial charge >= 0.3 is 6.85 Å². The van der Waals surface area contributed by atoms with Gasteiger partial charge in [0.1, 0.15) is 0 Å². The first-order valence-corrected chi connectivity index (χ1v) is 7.63. The maximum Gasteiger partial charge on any atom is 0.313 e. The third kappa shape index (κ3) is 2.80. The fourth-order valence-corrected chi connectivity index (χ4v) is 3.22. The van der Waals surface area contributed by atoms with Crippen molar-refractivity contribution in [2.24, 2.45) is 0 Å². The van der Waals surface area contributed by atoms with Crippen LogP contribution in [-0.2, 0) is 0 Å². The third-order valence-electron chi connectivity index (χ3n) is 4.15. The van der Waals surface area contributed by atoms with Gasteiger partial charge in [-0.3, -0.25) is 0 Å². The highest BCUT2D eigenvalue weighted by atomic mass is 14.8. The Labute approximate surface area is 132 Å². The summed E-state index contributed by atoms with van der Waals surface area (Å²) < 4.78 is 0. The van der Waals surface area contributed by atoms with Crippen LogP contribution in [0.15, 0.2) is 54.5 Å². The average Bonchev–Trinajstić information content (AvgIpc) is 2.47. The lowest BCUT2D eigenvalue weighted by atomic mass is 9.52. The van der Waals surface area contributed by atoms with E-state index in [2.05, 4.69) is 68.4 Å². The van der Waals surface area contributed by atoms with E-state index in [4.69, 9.17) is 5.73 Å². The Balaban J connectivity index is 1.92. The Bertz CT molecular complexity index is 734. The molecule has 0 fully saturated rings. The van der Waals surface area contributed by atoms with Crippen LogP contribution >= 0.6 is 0 Å². The van der Waals surface area contributed by atoms with E-state index >= 15 is 0 Å². The quantitative estimate of drug-likeness (QED) is 0.658. The number of nitrogens with one attached hydrogen (secondary N) is 1. The van der Waals surface area contributed by atoms with E-state index in [0.29, 0.717) is 0 Å². The molecule has 0 saturated heterocycles. The second-order valence-electron chi connectivity index (χ2n) is 6.02. The van der Waals surface area contributed by atoms with Gasteiger partial charge in [-0.2, -0.15) is 0 Å². The number of aryl methyl sites for hydroxylation is 3. The van der Waals surface area contributed by atoms with Crippen molar-refractivity contribution in [1.82, 2.24) is 5.23 Å². The summed E-state index contributed by atoms with van der Waals surface area (Å²) in [5, 5.41) is 3.64. The molecule has 0 amide bonds. The molecule has 110 valence electrons. The molecule has 1 heterocycles. The molecule has 0 spiro atoms.